The highest BCUT2D eigenvalue weighted by Crippen LogP contribution is 2.23. The summed E-state index contributed by atoms with van der Waals surface area (Å²) in [5, 5.41) is 5.19. The van der Waals surface area contributed by atoms with Crippen LogP contribution in [0.1, 0.15) is 27.7 Å². The van der Waals surface area contributed by atoms with Crippen molar-refractivity contribution in [3.05, 3.63) is 42.5 Å². The van der Waals surface area contributed by atoms with E-state index in [9.17, 15) is 9.59 Å². The van der Waals surface area contributed by atoms with Gasteiger partial charge in [0.05, 0.1) is 6.04 Å². The fraction of sp³-hybridized carbons (Fsp3) is 0.455. The van der Waals surface area contributed by atoms with Gasteiger partial charge in [0.25, 0.3) is 0 Å². The molecule has 0 aliphatic carbocycles. The predicted molar refractivity (Wildman–Crippen MR) is 111 cm³/mol. The predicted octanol–water partition coefficient (Wildman–Crippen LogP) is 3.72. The number of nitrogens with zero attached hydrogens (tertiary/aromatic N) is 2. The molecule has 0 saturated carbocycles. The molecule has 150 valence electrons. The van der Waals surface area contributed by atoms with Gasteiger partial charge in [0.1, 0.15) is 5.60 Å². The van der Waals surface area contributed by atoms with Crippen LogP contribution in [0.4, 0.5) is 10.5 Å². The second-order valence-electron chi connectivity index (χ2n) is 8.20. The van der Waals surface area contributed by atoms with E-state index in [1.807, 2.05) is 70.2 Å². The molecule has 1 heterocycles. The second-order valence-corrected chi connectivity index (χ2v) is 8.20. The Balaban J connectivity index is 1.58. The van der Waals surface area contributed by atoms with Crippen LogP contribution in [-0.2, 0) is 9.53 Å². The number of amides is 2. The average Bonchev–Trinajstić information content (AvgIpc) is 2.66. The number of anilines is 1. The number of piperazine rings is 1. The molecule has 0 spiro atoms. The molecule has 6 heteroatoms. The van der Waals surface area contributed by atoms with E-state index in [1.165, 1.54) is 0 Å². The first-order valence-corrected chi connectivity index (χ1v) is 9.75. The molecule has 6 nitrogen and oxygen atoms in total. The molecule has 3 rings (SSSR count). The van der Waals surface area contributed by atoms with E-state index < -0.39 is 5.60 Å². The fourth-order valence-corrected chi connectivity index (χ4v) is 3.36. The van der Waals surface area contributed by atoms with Crippen molar-refractivity contribution in [2.75, 3.05) is 31.5 Å². The Morgan fingerprint density at radius 3 is 2.32 bits per heavy atom. The molecule has 1 aliphatic rings. The van der Waals surface area contributed by atoms with E-state index in [0.29, 0.717) is 26.2 Å². The Morgan fingerprint density at radius 1 is 1.00 bits per heavy atom. The van der Waals surface area contributed by atoms with E-state index in [4.69, 9.17) is 4.74 Å². The Kier molecular flexibility index (Phi) is 5.89. The topological polar surface area (TPSA) is 61.9 Å². The highest BCUT2D eigenvalue weighted by Gasteiger charge is 2.29. The molecule has 1 unspecified atom stereocenters. The lowest BCUT2D eigenvalue weighted by Crippen LogP contribution is -2.54. The molecule has 1 atom stereocenters. The Bertz CT molecular complexity index is 846. The zero-order valence-electron chi connectivity index (χ0n) is 17.1. The largest absolute Gasteiger partial charge is 0.444 e. The number of carbonyl (C=O) groups excluding carboxylic acids is 2. The molecule has 1 fully saturated rings. The standard InChI is InChI=1S/C22H29N3O3/c1-16(24-12-14-25(15-13-24)21(27)28-22(2,3)4)20(26)23-19-11-7-9-17-8-5-6-10-18(17)19/h5-11,16H,12-15H2,1-4H3,(H,23,26). The van der Waals surface area contributed by atoms with Crippen LogP contribution < -0.4 is 5.32 Å². The summed E-state index contributed by atoms with van der Waals surface area (Å²) in [6.07, 6.45) is -0.292. The van der Waals surface area contributed by atoms with Gasteiger partial charge in [0.2, 0.25) is 5.91 Å². The number of fused-ring (bicyclic) bond motifs is 1. The Labute approximate surface area is 166 Å². The zero-order valence-corrected chi connectivity index (χ0v) is 17.1. The first-order valence-electron chi connectivity index (χ1n) is 9.75. The molecular weight excluding hydrogens is 354 g/mol. The molecule has 2 aromatic rings. The first kappa shape index (κ1) is 20.1. The highest BCUT2D eigenvalue weighted by molar-refractivity contribution is 6.03. The number of hydrogen-bond donors (Lipinski definition) is 1. The van der Waals surface area contributed by atoms with Crippen LogP contribution in [0.3, 0.4) is 0 Å². The maximum Gasteiger partial charge on any atom is 0.410 e. The van der Waals surface area contributed by atoms with Crippen molar-refractivity contribution in [3.8, 4) is 0 Å². The van der Waals surface area contributed by atoms with Crippen LogP contribution in [0, 0.1) is 0 Å². The number of carbonyl (C=O) groups is 2. The minimum Gasteiger partial charge on any atom is -0.444 e. The van der Waals surface area contributed by atoms with Crippen LogP contribution in [0.2, 0.25) is 0 Å². The quantitative estimate of drug-likeness (QED) is 0.877. The van der Waals surface area contributed by atoms with Crippen molar-refractivity contribution >= 4 is 28.5 Å². The highest BCUT2D eigenvalue weighted by atomic mass is 16.6. The van der Waals surface area contributed by atoms with Gasteiger partial charge in [-0.15, -0.1) is 0 Å². The summed E-state index contributed by atoms with van der Waals surface area (Å²) in [5.41, 5.74) is 0.321. The molecule has 1 N–H and O–H groups in total. The SMILES string of the molecule is CC(C(=O)Nc1cccc2ccccc12)N1CCN(C(=O)OC(C)(C)C)CC1. The van der Waals surface area contributed by atoms with Gasteiger partial charge in [0, 0.05) is 37.3 Å². The normalized spacial score (nSPS) is 16.6. The maximum atomic E-state index is 12.8. The summed E-state index contributed by atoms with van der Waals surface area (Å²) in [6.45, 7) is 9.89. The van der Waals surface area contributed by atoms with E-state index >= 15 is 0 Å². The number of benzene rings is 2. The van der Waals surface area contributed by atoms with Gasteiger partial charge in [-0.3, -0.25) is 9.69 Å². The third-order valence-corrected chi connectivity index (χ3v) is 4.94. The fourth-order valence-electron chi connectivity index (χ4n) is 3.36. The monoisotopic (exact) mass is 383 g/mol. The van der Waals surface area contributed by atoms with Crippen LogP contribution in [0.25, 0.3) is 10.8 Å². The minimum atomic E-state index is -0.500. The van der Waals surface area contributed by atoms with Gasteiger partial charge >= 0.3 is 6.09 Å². The van der Waals surface area contributed by atoms with Crippen LogP contribution in [0.15, 0.2) is 42.5 Å². The second kappa shape index (κ2) is 8.19. The maximum absolute atomic E-state index is 12.8. The zero-order chi connectivity index (χ0) is 20.3. The van der Waals surface area contributed by atoms with Gasteiger partial charge in [-0.2, -0.15) is 0 Å². The van der Waals surface area contributed by atoms with Gasteiger partial charge in [0.15, 0.2) is 0 Å². The van der Waals surface area contributed by atoms with E-state index in [0.717, 1.165) is 16.5 Å². The van der Waals surface area contributed by atoms with E-state index in [2.05, 4.69) is 10.2 Å². The summed E-state index contributed by atoms with van der Waals surface area (Å²) < 4.78 is 5.43. The third kappa shape index (κ3) is 4.81. The van der Waals surface area contributed by atoms with Crippen molar-refractivity contribution in [2.24, 2.45) is 0 Å². The van der Waals surface area contributed by atoms with Crippen LogP contribution in [0.5, 0.6) is 0 Å². The van der Waals surface area contributed by atoms with Crippen LogP contribution in [-0.4, -0.2) is 59.6 Å². The summed E-state index contributed by atoms with van der Waals surface area (Å²) in [5.74, 6) is -0.0397. The van der Waals surface area contributed by atoms with Crippen molar-refractivity contribution in [3.63, 3.8) is 0 Å². The van der Waals surface area contributed by atoms with Gasteiger partial charge in [-0.05, 0) is 39.1 Å². The van der Waals surface area contributed by atoms with E-state index in [-0.39, 0.29) is 18.0 Å². The number of nitrogens with one attached hydrogen (secondary N) is 1. The lowest BCUT2D eigenvalue weighted by Gasteiger charge is -2.37. The molecule has 1 aliphatic heterocycles. The lowest BCUT2D eigenvalue weighted by atomic mass is 10.1. The number of hydrogen-bond acceptors (Lipinski definition) is 4. The summed E-state index contributed by atoms with van der Waals surface area (Å²) >= 11 is 0. The van der Waals surface area contributed by atoms with Gasteiger partial charge in [-0.1, -0.05) is 36.4 Å². The molecule has 0 aromatic heterocycles. The first-order chi connectivity index (χ1) is 13.2. The van der Waals surface area contributed by atoms with Crippen LogP contribution >= 0.6 is 0 Å². The molecule has 2 aromatic carbocycles. The van der Waals surface area contributed by atoms with Gasteiger partial charge < -0.3 is 15.0 Å². The summed E-state index contributed by atoms with van der Waals surface area (Å²) in [6, 6.07) is 13.6. The molecule has 0 bridgehead atoms. The molecule has 1 saturated heterocycles. The van der Waals surface area contributed by atoms with Crippen molar-refractivity contribution in [2.45, 2.75) is 39.3 Å². The number of ether oxygens (including phenoxy) is 1. The molecule has 2 amide bonds. The lowest BCUT2D eigenvalue weighted by molar-refractivity contribution is -0.121. The van der Waals surface area contributed by atoms with E-state index in [1.54, 1.807) is 4.90 Å². The Morgan fingerprint density at radius 2 is 1.64 bits per heavy atom. The summed E-state index contributed by atoms with van der Waals surface area (Å²) in [4.78, 5) is 28.8. The number of rotatable bonds is 3. The summed E-state index contributed by atoms with van der Waals surface area (Å²) in [7, 11) is 0. The van der Waals surface area contributed by atoms with Gasteiger partial charge in [-0.25, -0.2) is 4.79 Å². The average molecular weight is 383 g/mol. The molecular formula is C22H29N3O3. The molecule has 0 radical (unpaired) electrons. The van der Waals surface area contributed by atoms with Crippen molar-refractivity contribution in [1.82, 2.24) is 9.80 Å². The smallest absolute Gasteiger partial charge is 0.410 e. The van der Waals surface area contributed by atoms with Crippen molar-refractivity contribution < 1.29 is 14.3 Å². The van der Waals surface area contributed by atoms with Crippen molar-refractivity contribution in [1.29, 1.82) is 0 Å². The molecule has 28 heavy (non-hydrogen) atoms. The minimum absolute atomic E-state index is 0.0397. The Hall–Kier alpha value is -2.60. The third-order valence-electron chi connectivity index (χ3n) is 4.94.